The fourth-order valence-electron chi connectivity index (χ4n) is 2.71. The molecule has 0 saturated carbocycles. The van der Waals surface area contributed by atoms with E-state index in [4.69, 9.17) is 11.6 Å². The maximum Gasteiger partial charge on any atom is 0.245 e. The number of nitrogens with zero attached hydrogens (tertiary/aromatic N) is 1. The lowest BCUT2D eigenvalue weighted by Crippen LogP contribution is -2.42. The third kappa shape index (κ3) is 2.86. The second kappa shape index (κ2) is 5.64. The molecule has 6 heteroatoms. The molecule has 112 valence electrons. The van der Waals surface area contributed by atoms with Crippen LogP contribution in [0.5, 0.6) is 0 Å². The highest BCUT2D eigenvalue weighted by Crippen LogP contribution is 2.36. The minimum atomic E-state index is -3.54. The smallest absolute Gasteiger partial charge is 0.245 e. The standard InChI is InChI=1S/C14H21ClN2O2S/c1-14(2)7-4-8-17(14)20(18,19)13-9-11(10-16-3)5-6-12(13)15/h5-6,9,16H,4,7-8,10H2,1-3H3. The van der Waals surface area contributed by atoms with Gasteiger partial charge in [-0.05, 0) is 51.4 Å². The molecule has 1 saturated heterocycles. The van der Waals surface area contributed by atoms with E-state index in [1.54, 1.807) is 16.4 Å². The van der Waals surface area contributed by atoms with Crippen molar-refractivity contribution in [2.45, 2.75) is 43.7 Å². The van der Waals surface area contributed by atoms with E-state index in [1.807, 2.05) is 27.0 Å². The van der Waals surface area contributed by atoms with Gasteiger partial charge in [-0.15, -0.1) is 0 Å². The Labute approximate surface area is 126 Å². The molecule has 1 aromatic rings. The van der Waals surface area contributed by atoms with Crippen LogP contribution in [0.15, 0.2) is 23.1 Å². The third-order valence-electron chi connectivity index (χ3n) is 3.77. The number of benzene rings is 1. The van der Waals surface area contributed by atoms with E-state index in [0.717, 1.165) is 18.4 Å². The van der Waals surface area contributed by atoms with Gasteiger partial charge >= 0.3 is 0 Å². The van der Waals surface area contributed by atoms with Gasteiger partial charge < -0.3 is 5.32 Å². The van der Waals surface area contributed by atoms with Crippen molar-refractivity contribution < 1.29 is 8.42 Å². The van der Waals surface area contributed by atoms with E-state index >= 15 is 0 Å². The second-order valence-corrected chi connectivity index (χ2v) is 8.03. The van der Waals surface area contributed by atoms with Gasteiger partial charge in [0.2, 0.25) is 10.0 Å². The number of halogens is 1. The molecule has 4 nitrogen and oxygen atoms in total. The first-order valence-corrected chi connectivity index (χ1v) is 8.57. The molecule has 0 spiro atoms. The van der Waals surface area contributed by atoms with E-state index in [9.17, 15) is 8.42 Å². The van der Waals surface area contributed by atoms with Crippen LogP contribution in [0.25, 0.3) is 0 Å². The Bertz CT molecular complexity index is 599. The van der Waals surface area contributed by atoms with Gasteiger partial charge in [-0.3, -0.25) is 0 Å². The molecule has 0 bridgehead atoms. The molecule has 2 rings (SSSR count). The second-order valence-electron chi connectivity index (χ2n) is 5.79. The van der Waals surface area contributed by atoms with Crippen LogP contribution in [0, 0.1) is 0 Å². The number of sulfonamides is 1. The zero-order valence-electron chi connectivity index (χ0n) is 12.1. The summed E-state index contributed by atoms with van der Waals surface area (Å²) in [6.07, 6.45) is 1.76. The highest BCUT2D eigenvalue weighted by molar-refractivity contribution is 7.89. The van der Waals surface area contributed by atoms with Crippen molar-refractivity contribution >= 4 is 21.6 Å². The topological polar surface area (TPSA) is 49.4 Å². The molecule has 0 amide bonds. The molecule has 0 atom stereocenters. The largest absolute Gasteiger partial charge is 0.316 e. The van der Waals surface area contributed by atoms with Crippen LogP contribution in [0.2, 0.25) is 5.02 Å². The first-order chi connectivity index (χ1) is 9.29. The summed E-state index contributed by atoms with van der Waals surface area (Å²) in [6.45, 7) is 5.09. The lowest BCUT2D eigenvalue weighted by Gasteiger charge is -2.30. The molecule has 0 unspecified atom stereocenters. The van der Waals surface area contributed by atoms with Crippen molar-refractivity contribution in [2.75, 3.05) is 13.6 Å². The van der Waals surface area contributed by atoms with Crippen LogP contribution >= 0.6 is 11.6 Å². The van der Waals surface area contributed by atoms with Crippen LogP contribution in [0.4, 0.5) is 0 Å². The molecule has 1 N–H and O–H groups in total. The van der Waals surface area contributed by atoms with Gasteiger partial charge in [0.25, 0.3) is 0 Å². The molecule has 1 heterocycles. The molecule has 1 aromatic carbocycles. The predicted molar refractivity (Wildman–Crippen MR) is 81.4 cm³/mol. The van der Waals surface area contributed by atoms with Gasteiger partial charge in [-0.1, -0.05) is 17.7 Å². The predicted octanol–water partition coefficient (Wildman–Crippen LogP) is 2.62. The van der Waals surface area contributed by atoms with Gasteiger partial charge in [-0.25, -0.2) is 8.42 Å². The Morgan fingerprint density at radius 2 is 2.10 bits per heavy atom. The molecule has 1 fully saturated rings. The minimum absolute atomic E-state index is 0.210. The monoisotopic (exact) mass is 316 g/mol. The Balaban J connectivity index is 2.46. The summed E-state index contributed by atoms with van der Waals surface area (Å²) in [7, 11) is -1.72. The van der Waals surface area contributed by atoms with E-state index < -0.39 is 10.0 Å². The SMILES string of the molecule is CNCc1ccc(Cl)c(S(=O)(=O)N2CCCC2(C)C)c1. The van der Waals surface area contributed by atoms with Crippen LogP contribution in [-0.4, -0.2) is 31.9 Å². The molecule has 0 radical (unpaired) electrons. The average molecular weight is 317 g/mol. The van der Waals surface area contributed by atoms with E-state index in [-0.39, 0.29) is 15.5 Å². The number of hydrogen-bond donors (Lipinski definition) is 1. The van der Waals surface area contributed by atoms with Gasteiger partial charge in [0.05, 0.1) is 5.02 Å². The van der Waals surface area contributed by atoms with Crippen molar-refractivity contribution in [3.8, 4) is 0 Å². The minimum Gasteiger partial charge on any atom is -0.316 e. The highest BCUT2D eigenvalue weighted by Gasteiger charge is 2.41. The van der Waals surface area contributed by atoms with Crippen LogP contribution < -0.4 is 5.32 Å². The third-order valence-corrected chi connectivity index (χ3v) is 6.36. The molecule has 1 aliphatic rings. The van der Waals surface area contributed by atoms with Gasteiger partial charge in [0, 0.05) is 18.6 Å². The Morgan fingerprint density at radius 3 is 2.65 bits per heavy atom. The zero-order valence-corrected chi connectivity index (χ0v) is 13.7. The van der Waals surface area contributed by atoms with Gasteiger partial charge in [0.1, 0.15) is 4.90 Å². The summed E-state index contributed by atoms with van der Waals surface area (Å²) in [4.78, 5) is 0.210. The van der Waals surface area contributed by atoms with Crippen molar-refractivity contribution in [1.29, 1.82) is 0 Å². The Kier molecular flexibility index (Phi) is 4.44. The summed E-state index contributed by atoms with van der Waals surface area (Å²) in [5, 5.41) is 3.30. The molecule has 0 aromatic heterocycles. The maximum absolute atomic E-state index is 12.8. The van der Waals surface area contributed by atoms with E-state index in [1.165, 1.54) is 0 Å². The maximum atomic E-state index is 12.8. The highest BCUT2D eigenvalue weighted by atomic mass is 35.5. The normalized spacial score (nSPS) is 19.4. The van der Waals surface area contributed by atoms with Gasteiger partial charge in [0.15, 0.2) is 0 Å². The van der Waals surface area contributed by atoms with Crippen LogP contribution in [-0.2, 0) is 16.6 Å². The molecule has 20 heavy (non-hydrogen) atoms. The van der Waals surface area contributed by atoms with Crippen molar-refractivity contribution in [3.63, 3.8) is 0 Å². The lowest BCUT2D eigenvalue weighted by atomic mass is 10.0. The molecule has 1 aliphatic heterocycles. The van der Waals surface area contributed by atoms with Crippen molar-refractivity contribution in [1.82, 2.24) is 9.62 Å². The van der Waals surface area contributed by atoms with Crippen molar-refractivity contribution in [3.05, 3.63) is 28.8 Å². The van der Waals surface area contributed by atoms with Crippen LogP contribution in [0.3, 0.4) is 0 Å². The summed E-state index contributed by atoms with van der Waals surface area (Å²) in [5.41, 5.74) is 0.564. The fourth-order valence-corrected chi connectivity index (χ4v) is 5.08. The average Bonchev–Trinajstić information content (AvgIpc) is 2.72. The van der Waals surface area contributed by atoms with E-state index in [2.05, 4.69) is 5.32 Å². The summed E-state index contributed by atoms with van der Waals surface area (Å²) < 4.78 is 27.3. The number of nitrogens with one attached hydrogen (secondary N) is 1. The van der Waals surface area contributed by atoms with Gasteiger partial charge in [-0.2, -0.15) is 4.31 Å². The lowest BCUT2D eigenvalue weighted by molar-refractivity contribution is 0.291. The zero-order chi connectivity index (χ0) is 15.0. The summed E-state index contributed by atoms with van der Waals surface area (Å²) in [6, 6.07) is 5.17. The Morgan fingerprint density at radius 1 is 1.40 bits per heavy atom. The quantitative estimate of drug-likeness (QED) is 0.929. The van der Waals surface area contributed by atoms with Crippen LogP contribution in [0.1, 0.15) is 32.3 Å². The summed E-state index contributed by atoms with van der Waals surface area (Å²) >= 11 is 6.13. The number of hydrogen-bond acceptors (Lipinski definition) is 3. The molecule has 0 aliphatic carbocycles. The van der Waals surface area contributed by atoms with Crippen molar-refractivity contribution in [2.24, 2.45) is 0 Å². The first kappa shape index (κ1) is 15.8. The Hall–Kier alpha value is -0.620. The summed E-state index contributed by atoms with van der Waals surface area (Å²) in [5.74, 6) is 0. The fraction of sp³-hybridized carbons (Fsp3) is 0.571. The van der Waals surface area contributed by atoms with E-state index in [0.29, 0.717) is 13.1 Å². The molecular formula is C14H21ClN2O2S. The first-order valence-electron chi connectivity index (χ1n) is 6.75. The number of rotatable bonds is 4. The molecular weight excluding hydrogens is 296 g/mol.